The molecule has 1 atom stereocenters. The number of aliphatic carboxylic acids is 1. The largest absolute Gasteiger partial charge is 0.479 e. The molecule has 0 fully saturated rings. The van der Waals surface area contributed by atoms with Crippen LogP contribution in [0.2, 0.25) is 0 Å². The number of hydrogen-bond donors (Lipinski definition) is 1. The van der Waals surface area contributed by atoms with Crippen molar-refractivity contribution in [1.29, 1.82) is 0 Å². The van der Waals surface area contributed by atoms with Gasteiger partial charge in [0.25, 0.3) is 0 Å². The van der Waals surface area contributed by atoms with Gasteiger partial charge in [-0.25, -0.2) is 4.79 Å². The van der Waals surface area contributed by atoms with Gasteiger partial charge in [0.1, 0.15) is 0 Å². The van der Waals surface area contributed by atoms with Crippen molar-refractivity contribution in [1.82, 2.24) is 9.97 Å². The fraction of sp³-hybridized carbons (Fsp3) is 0.444. The Kier molecular flexibility index (Phi) is 3.53. The number of nitrogens with zero attached hydrogens (tertiary/aromatic N) is 2. The zero-order valence-electron chi connectivity index (χ0n) is 8.10. The molecule has 5 heteroatoms. The number of rotatable bonds is 4. The molecule has 1 aromatic rings. The fourth-order valence-corrected chi connectivity index (χ4v) is 0.986. The summed E-state index contributed by atoms with van der Waals surface area (Å²) in [7, 11) is 1.36. The molecule has 1 rings (SSSR count). The van der Waals surface area contributed by atoms with Gasteiger partial charge >= 0.3 is 5.97 Å². The molecule has 1 aromatic heterocycles. The minimum Gasteiger partial charge on any atom is -0.479 e. The van der Waals surface area contributed by atoms with E-state index in [1.807, 2.05) is 6.92 Å². The second kappa shape index (κ2) is 4.66. The molecule has 0 spiro atoms. The highest BCUT2D eigenvalue weighted by molar-refractivity contribution is 5.72. The molecule has 0 bridgehead atoms. The Hall–Kier alpha value is -1.49. The second-order valence-corrected chi connectivity index (χ2v) is 2.92. The van der Waals surface area contributed by atoms with E-state index in [2.05, 4.69) is 9.97 Å². The van der Waals surface area contributed by atoms with Crippen molar-refractivity contribution in [2.45, 2.75) is 19.4 Å². The van der Waals surface area contributed by atoms with E-state index in [9.17, 15) is 4.79 Å². The standard InChI is InChI=1S/C9H12N2O3/c1-6-4-11-7(5-10-6)3-8(14-2)9(12)13/h4-5,8H,3H2,1-2H3,(H,12,13). The topological polar surface area (TPSA) is 72.3 Å². The maximum absolute atomic E-state index is 10.6. The van der Waals surface area contributed by atoms with Gasteiger partial charge in [-0.3, -0.25) is 9.97 Å². The summed E-state index contributed by atoms with van der Waals surface area (Å²) in [5, 5.41) is 8.72. The quantitative estimate of drug-likeness (QED) is 0.755. The maximum atomic E-state index is 10.6. The first-order chi connectivity index (χ1) is 6.63. The van der Waals surface area contributed by atoms with E-state index < -0.39 is 12.1 Å². The maximum Gasteiger partial charge on any atom is 0.333 e. The molecule has 1 N–H and O–H groups in total. The Morgan fingerprint density at radius 1 is 1.57 bits per heavy atom. The predicted molar refractivity (Wildman–Crippen MR) is 48.9 cm³/mol. The summed E-state index contributed by atoms with van der Waals surface area (Å²) in [6.07, 6.45) is 2.54. The zero-order valence-corrected chi connectivity index (χ0v) is 8.10. The molecule has 0 radical (unpaired) electrons. The number of ether oxygens (including phenoxy) is 1. The number of carboxylic acid groups (broad SMARTS) is 1. The molecule has 0 amide bonds. The van der Waals surface area contributed by atoms with Gasteiger partial charge in [0.15, 0.2) is 6.10 Å². The van der Waals surface area contributed by atoms with Crippen LogP contribution >= 0.6 is 0 Å². The first kappa shape index (κ1) is 10.6. The summed E-state index contributed by atoms with van der Waals surface area (Å²) in [6.45, 7) is 1.82. The molecule has 1 heterocycles. The van der Waals surface area contributed by atoms with Gasteiger partial charge in [-0.1, -0.05) is 0 Å². The molecule has 0 aliphatic heterocycles. The Balaban J connectivity index is 2.67. The van der Waals surface area contributed by atoms with Crippen LogP contribution in [-0.4, -0.2) is 34.3 Å². The first-order valence-corrected chi connectivity index (χ1v) is 4.16. The number of carboxylic acids is 1. The van der Waals surface area contributed by atoms with E-state index in [-0.39, 0.29) is 6.42 Å². The van der Waals surface area contributed by atoms with Crippen LogP contribution in [0, 0.1) is 6.92 Å². The highest BCUT2D eigenvalue weighted by Crippen LogP contribution is 2.02. The van der Waals surface area contributed by atoms with E-state index in [0.717, 1.165) is 5.69 Å². The van der Waals surface area contributed by atoms with Gasteiger partial charge in [0, 0.05) is 25.9 Å². The lowest BCUT2D eigenvalue weighted by atomic mass is 10.2. The number of methoxy groups -OCH3 is 1. The second-order valence-electron chi connectivity index (χ2n) is 2.92. The number of aryl methyl sites for hydroxylation is 1. The summed E-state index contributed by atoms with van der Waals surface area (Å²) in [6, 6.07) is 0. The molecule has 0 saturated carbocycles. The van der Waals surface area contributed by atoms with Crippen molar-refractivity contribution in [2.24, 2.45) is 0 Å². The lowest BCUT2D eigenvalue weighted by molar-refractivity contribution is -0.148. The van der Waals surface area contributed by atoms with E-state index in [1.165, 1.54) is 7.11 Å². The SMILES string of the molecule is COC(Cc1cnc(C)cn1)C(=O)O. The van der Waals surface area contributed by atoms with Gasteiger partial charge in [-0.15, -0.1) is 0 Å². The minimum absolute atomic E-state index is 0.235. The molecule has 1 unspecified atom stereocenters. The summed E-state index contributed by atoms with van der Waals surface area (Å²) < 4.78 is 4.78. The van der Waals surface area contributed by atoms with Gasteiger partial charge < -0.3 is 9.84 Å². The number of hydrogen-bond acceptors (Lipinski definition) is 4. The first-order valence-electron chi connectivity index (χ1n) is 4.16. The molecule has 76 valence electrons. The highest BCUT2D eigenvalue weighted by Gasteiger charge is 2.17. The van der Waals surface area contributed by atoms with E-state index >= 15 is 0 Å². The lowest BCUT2D eigenvalue weighted by Crippen LogP contribution is -2.25. The van der Waals surface area contributed by atoms with Gasteiger partial charge in [-0.05, 0) is 6.92 Å². The van der Waals surface area contributed by atoms with Crippen molar-refractivity contribution in [3.05, 3.63) is 23.8 Å². The molecule has 0 saturated heterocycles. The van der Waals surface area contributed by atoms with Crippen LogP contribution in [0.4, 0.5) is 0 Å². The third-order valence-corrected chi connectivity index (χ3v) is 1.79. The smallest absolute Gasteiger partial charge is 0.333 e. The van der Waals surface area contributed by atoms with Crippen molar-refractivity contribution in [2.75, 3.05) is 7.11 Å². The molecule has 14 heavy (non-hydrogen) atoms. The summed E-state index contributed by atoms with van der Waals surface area (Å²) in [5.74, 6) is -0.991. The Morgan fingerprint density at radius 2 is 2.29 bits per heavy atom. The molecular formula is C9H12N2O3. The van der Waals surface area contributed by atoms with Crippen LogP contribution in [0.5, 0.6) is 0 Å². The summed E-state index contributed by atoms with van der Waals surface area (Å²) in [5.41, 5.74) is 1.42. The summed E-state index contributed by atoms with van der Waals surface area (Å²) in [4.78, 5) is 18.7. The van der Waals surface area contributed by atoms with Crippen LogP contribution in [0.3, 0.4) is 0 Å². The molecular weight excluding hydrogens is 184 g/mol. The van der Waals surface area contributed by atoms with Crippen LogP contribution in [0.1, 0.15) is 11.4 Å². The Bertz CT molecular complexity index is 310. The third-order valence-electron chi connectivity index (χ3n) is 1.79. The average molecular weight is 196 g/mol. The average Bonchev–Trinajstić information content (AvgIpc) is 2.16. The third kappa shape index (κ3) is 2.77. The molecule has 0 aliphatic rings. The van der Waals surface area contributed by atoms with Crippen molar-refractivity contribution in [3.8, 4) is 0 Å². The zero-order chi connectivity index (χ0) is 10.6. The van der Waals surface area contributed by atoms with E-state index in [4.69, 9.17) is 9.84 Å². The summed E-state index contributed by atoms with van der Waals surface area (Å²) >= 11 is 0. The van der Waals surface area contributed by atoms with Crippen molar-refractivity contribution >= 4 is 5.97 Å². The van der Waals surface area contributed by atoms with Gasteiger partial charge in [-0.2, -0.15) is 0 Å². The van der Waals surface area contributed by atoms with Crippen LogP contribution in [0.15, 0.2) is 12.4 Å². The van der Waals surface area contributed by atoms with Crippen LogP contribution in [0.25, 0.3) is 0 Å². The van der Waals surface area contributed by atoms with E-state index in [1.54, 1.807) is 12.4 Å². The predicted octanol–water partition coefficient (Wildman–Crippen LogP) is 0.427. The van der Waals surface area contributed by atoms with Gasteiger partial charge in [0.2, 0.25) is 0 Å². The minimum atomic E-state index is -0.991. The highest BCUT2D eigenvalue weighted by atomic mass is 16.5. The van der Waals surface area contributed by atoms with Crippen molar-refractivity contribution in [3.63, 3.8) is 0 Å². The fourth-order valence-electron chi connectivity index (χ4n) is 0.986. The van der Waals surface area contributed by atoms with E-state index in [0.29, 0.717) is 5.69 Å². The van der Waals surface area contributed by atoms with Gasteiger partial charge in [0.05, 0.1) is 11.4 Å². The molecule has 0 aliphatic carbocycles. The number of carbonyl (C=O) groups is 1. The van der Waals surface area contributed by atoms with Crippen LogP contribution in [-0.2, 0) is 16.0 Å². The number of aromatic nitrogens is 2. The van der Waals surface area contributed by atoms with Crippen molar-refractivity contribution < 1.29 is 14.6 Å². The molecule has 5 nitrogen and oxygen atoms in total. The monoisotopic (exact) mass is 196 g/mol. The van der Waals surface area contributed by atoms with Crippen LogP contribution < -0.4 is 0 Å². The Labute approximate surface area is 81.8 Å². The normalized spacial score (nSPS) is 12.4. The molecule has 0 aromatic carbocycles. The Morgan fingerprint density at radius 3 is 2.71 bits per heavy atom. The lowest BCUT2D eigenvalue weighted by Gasteiger charge is -2.08.